The van der Waals surface area contributed by atoms with Gasteiger partial charge < -0.3 is 0 Å². The zero-order valence-corrected chi connectivity index (χ0v) is 12.9. The molecular weight excluding hydrogens is 411 g/mol. The summed E-state index contributed by atoms with van der Waals surface area (Å²) in [4.78, 5) is 0. The molecular formula is C13H6Cl2F3I. The van der Waals surface area contributed by atoms with Gasteiger partial charge in [-0.2, -0.15) is 0 Å². The van der Waals surface area contributed by atoms with Crippen LogP contribution < -0.4 is 0 Å². The van der Waals surface area contributed by atoms with Crippen molar-refractivity contribution in [3.05, 3.63) is 67.5 Å². The van der Waals surface area contributed by atoms with E-state index in [-0.39, 0.29) is 5.56 Å². The first-order valence-electron chi connectivity index (χ1n) is 5.13. The summed E-state index contributed by atoms with van der Waals surface area (Å²) in [6.45, 7) is 0. The van der Waals surface area contributed by atoms with Gasteiger partial charge in [0, 0.05) is 15.2 Å². The fourth-order valence-electron chi connectivity index (χ4n) is 1.58. The van der Waals surface area contributed by atoms with Crippen molar-refractivity contribution < 1.29 is 13.2 Å². The number of hydrogen-bond acceptors (Lipinski definition) is 0. The number of rotatable bonds is 2. The highest BCUT2D eigenvalue weighted by Gasteiger charge is 2.19. The molecule has 100 valence electrons. The van der Waals surface area contributed by atoms with Gasteiger partial charge in [0.2, 0.25) is 0 Å². The zero-order valence-electron chi connectivity index (χ0n) is 9.23. The molecule has 0 aliphatic rings. The standard InChI is InChI=1S/C13H6Cl2F3I/c14-8-3-6(1-2-12(8)19)13(15)7-4-10(17)11(18)5-9(7)16/h1-5,13H. The van der Waals surface area contributed by atoms with Gasteiger partial charge in [-0.3, -0.25) is 0 Å². The van der Waals surface area contributed by atoms with Crippen LogP contribution in [-0.4, -0.2) is 0 Å². The first-order valence-corrected chi connectivity index (χ1v) is 7.03. The first-order chi connectivity index (χ1) is 8.90. The summed E-state index contributed by atoms with van der Waals surface area (Å²) in [5.41, 5.74) is 0.384. The van der Waals surface area contributed by atoms with E-state index in [0.29, 0.717) is 16.7 Å². The van der Waals surface area contributed by atoms with Crippen molar-refractivity contribution in [1.82, 2.24) is 0 Å². The van der Waals surface area contributed by atoms with E-state index in [9.17, 15) is 13.2 Å². The molecule has 0 saturated heterocycles. The van der Waals surface area contributed by atoms with E-state index >= 15 is 0 Å². The minimum atomic E-state index is -1.24. The third-order valence-electron chi connectivity index (χ3n) is 2.55. The lowest BCUT2D eigenvalue weighted by atomic mass is 10.0. The van der Waals surface area contributed by atoms with Crippen molar-refractivity contribution in [2.45, 2.75) is 5.38 Å². The molecule has 0 spiro atoms. The van der Waals surface area contributed by atoms with Crippen LogP contribution in [-0.2, 0) is 0 Å². The first kappa shape index (κ1) is 14.9. The van der Waals surface area contributed by atoms with Crippen LogP contribution in [0.25, 0.3) is 0 Å². The molecule has 0 radical (unpaired) electrons. The molecule has 0 aromatic heterocycles. The summed E-state index contributed by atoms with van der Waals surface area (Å²) >= 11 is 14.1. The van der Waals surface area contributed by atoms with E-state index in [1.54, 1.807) is 18.2 Å². The molecule has 0 aliphatic carbocycles. The second kappa shape index (κ2) is 5.89. The second-order valence-corrected chi connectivity index (χ2v) is 5.83. The predicted octanol–water partition coefficient (Wildman–Crippen LogP) is 5.69. The lowest BCUT2D eigenvalue weighted by Gasteiger charge is -2.12. The van der Waals surface area contributed by atoms with Gasteiger partial charge in [0.1, 0.15) is 5.82 Å². The molecule has 0 aliphatic heterocycles. The quantitative estimate of drug-likeness (QED) is 0.335. The summed E-state index contributed by atoms with van der Waals surface area (Å²) in [5, 5.41) is -0.476. The Bertz CT molecular complexity index is 632. The molecule has 6 heteroatoms. The van der Waals surface area contributed by atoms with Crippen molar-refractivity contribution in [3.63, 3.8) is 0 Å². The van der Waals surface area contributed by atoms with Crippen LogP contribution in [0.3, 0.4) is 0 Å². The van der Waals surface area contributed by atoms with E-state index in [0.717, 1.165) is 9.64 Å². The average molecular weight is 417 g/mol. The van der Waals surface area contributed by atoms with Crippen molar-refractivity contribution in [3.8, 4) is 0 Å². The third-order valence-corrected chi connectivity index (χ3v) is 4.61. The Balaban J connectivity index is 2.46. The van der Waals surface area contributed by atoms with Crippen LogP contribution in [0, 0.1) is 21.0 Å². The summed E-state index contributed by atoms with van der Waals surface area (Å²) in [6.07, 6.45) is 0. The summed E-state index contributed by atoms with van der Waals surface area (Å²) in [7, 11) is 0. The summed E-state index contributed by atoms with van der Waals surface area (Å²) < 4.78 is 40.5. The van der Waals surface area contributed by atoms with Crippen LogP contribution in [0.15, 0.2) is 30.3 Å². The second-order valence-electron chi connectivity index (χ2n) is 3.82. The zero-order chi connectivity index (χ0) is 14.2. The summed E-state index contributed by atoms with van der Waals surface area (Å²) in [6, 6.07) is 6.18. The Morgan fingerprint density at radius 2 is 1.58 bits per heavy atom. The Morgan fingerprint density at radius 1 is 0.947 bits per heavy atom. The Morgan fingerprint density at radius 3 is 2.21 bits per heavy atom. The SMILES string of the molecule is Fc1cc(F)c(C(Cl)c2ccc(I)c(Cl)c2)cc1F. The van der Waals surface area contributed by atoms with Crippen molar-refractivity contribution >= 4 is 45.8 Å². The van der Waals surface area contributed by atoms with Gasteiger partial charge in [0.05, 0.1) is 10.4 Å². The lowest BCUT2D eigenvalue weighted by molar-refractivity contribution is 0.490. The average Bonchev–Trinajstić information content (AvgIpc) is 2.36. The molecule has 2 aromatic rings. The molecule has 0 N–H and O–H groups in total. The molecule has 2 rings (SSSR count). The Hall–Kier alpha value is -0.460. The topological polar surface area (TPSA) is 0 Å². The molecule has 0 bridgehead atoms. The molecule has 0 amide bonds. The Labute approximate surface area is 131 Å². The highest BCUT2D eigenvalue weighted by Crippen LogP contribution is 2.34. The van der Waals surface area contributed by atoms with E-state index in [1.165, 1.54) is 0 Å². The highest BCUT2D eigenvalue weighted by atomic mass is 127. The van der Waals surface area contributed by atoms with Gasteiger partial charge in [0.25, 0.3) is 0 Å². The van der Waals surface area contributed by atoms with Crippen molar-refractivity contribution in [2.24, 2.45) is 0 Å². The largest absolute Gasteiger partial charge is 0.207 e. The number of alkyl halides is 1. The molecule has 19 heavy (non-hydrogen) atoms. The van der Waals surface area contributed by atoms with E-state index in [4.69, 9.17) is 23.2 Å². The van der Waals surface area contributed by atoms with Crippen molar-refractivity contribution in [1.29, 1.82) is 0 Å². The monoisotopic (exact) mass is 416 g/mol. The molecule has 2 aromatic carbocycles. The fraction of sp³-hybridized carbons (Fsp3) is 0.0769. The van der Waals surface area contributed by atoms with Gasteiger partial charge >= 0.3 is 0 Å². The minimum absolute atomic E-state index is 0.127. The van der Waals surface area contributed by atoms with Gasteiger partial charge in [-0.15, -0.1) is 11.6 Å². The normalized spacial score (nSPS) is 12.5. The van der Waals surface area contributed by atoms with Gasteiger partial charge in [0.15, 0.2) is 11.6 Å². The highest BCUT2D eigenvalue weighted by molar-refractivity contribution is 14.1. The van der Waals surface area contributed by atoms with Crippen molar-refractivity contribution in [2.75, 3.05) is 0 Å². The molecule has 1 unspecified atom stereocenters. The van der Waals surface area contributed by atoms with Gasteiger partial charge in [-0.05, 0) is 46.4 Å². The van der Waals surface area contributed by atoms with E-state index in [2.05, 4.69) is 0 Å². The third kappa shape index (κ3) is 3.17. The van der Waals surface area contributed by atoms with E-state index < -0.39 is 22.8 Å². The van der Waals surface area contributed by atoms with Crippen LogP contribution in [0.4, 0.5) is 13.2 Å². The Kier molecular flexibility index (Phi) is 4.63. The van der Waals surface area contributed by atoms with Crippen LogP contribution in [0.2, 0.25) is 5.02 Å². The maximum Gasteiger partial charge on any atom is 0.161 e. The maximum atomic E-state index is 13.6. The number of halogens is 6. The fourth-order valence-corrected chi connectivity index (χ4v) is 2.41. The number of benzene rings is 2. The van der Waals surface area contributed by atoms with Crippen LogP contribution in [0.1, 0.15) is 16.5 Å². The molecule has 0 saturated carbocycles. The van der Waals surface area contributed by atoms with Crippen LogP contribution >= 0.6 is 45.8 Å². The van der Waals surface area contributed by atoms with Crippen LogP contribution in [0.5, 0.6) is 0 Å². The predicted molar refractivity (Wildman–Crippen MR) is 78.2 cm³/mol. The molecule has 0 heterocycles. The minimum Gasteiger partial charge on any atom is -0.207 e. The summed E-state index contributed by atoms with van der Waals surface area (Å²) in [5.74, 6) is -3.28. The lowest BCUT2D eigenvalue weighted by Crippen LogP contribution is -2.00. The molecule has 0 nitrogen and oxygen atoms in total. The smallest absolute Gasteiger partial charge is 0.161 e. The van der Waals surface area contributed by atoms with Gasteiger partial charge in [-0.25, -0.2) is 13.2 Å². The van der Waals surface area contributed by atoms with E-state index in [1.807, 2.05) is 22.6 Å². The number of hydrogen-bond donors (Lipinski definition) is 0. The molecule has 0 fully saturated rings. The molecule has 1 atom stereocenters. The maximum absolute atomic E-state index is 13.6. The van der Waals surface area contributed by atoms with Gasteiger partial charge in [-0.1, -0.05) is 17.7 Å².